The molecule has 1 N–H and O–H groups in total. The van der Waals surface area contributed by atoms with Crippen LogP contribution >= 0.6 is 0 Å². The van der Waals surface area contributed by atoms with Crippen molar-refractivity contribution in [3.63, 3.8) is 0 Å². The maximum atomic E-state index is 13.6. The van der Waals surface area contributed by atoms with Gasteiger partial charge in [0.1, 0.15) is 11.6 Å². The SMILES string of the molecule is CC[C@@H](C)c1ccccc1NC(=O)CN1CCN(Cc2cc(F)ccc2OC)CC1. The van der Waals surface area contributed by atoms with Crippen LogP contribution in [0.1, 0.15) is 37.3 Å². The summed E-state index contributed by atoms with van der Waals surface area (Å²) in [6.45, 7) is 8.62. The van der Waals surface area contributed by atoms with Crippen LogP contribution < -0.4 is 10.1 Å². The largest absolute Gasteiger partial charge is 0.496 e. The summed E-state index contributed by atoms with van der Waals surface area (Å²) in [5, 5.41) is 3.09. The quantitative estimate of drug-likeness (QED) is 0.708. The zero-order chi connectivity index (χ0) is 21.5. The van der Waals surface area contributed by atoms with Gasteiger partial charge in [0.05, 0.1) is 13.7 Å². The molecule has 0 aliphatic carbocycles. The molecule has 2 aromatic rings. The summed E-state index contributed by atoms with van der Waals surface area (Å²) >= 11 is 0. The summed E-state index contributed by atoms with van der Waals surface area (Å²) in [4.78, 5) is 17.0. The molecular weight excluding hydrogens is 381 g/mol. The zero-order valence-corrected chi connectivity index (χ0v) is 18.2. The normalized spacial score (nSPS) is 16.3. The molecule has 0 bridgehead atoms. The van der Waals surface area contributed by atoms with E-state index < -0.39 is 0 Å². The van der Waals surface area contributed by atoms with Crippen LogP contribution in [0, 0.1) is 5.82 Å². The average molecular weight is 414 g/mol. The van der Waals surface area contributed by atoms with Gasteiger partial charge in [0, 0.05) is 44.0 Å². The zero-order valence-electron chi connectivity index (χ0n) is 18.2. The number of benzene rings is 2. The second-order valence-corrected chi connectivity index (χ2v) is 7.95. The van der Waals surface area contributed by atoms with Crippen LogP contribution in [0.4, 0.5) is 10.1 Å². The maximum absolute atomic E-state index is 13.6. The standard InChI is InChI=1S/C24H32FN3O2/c1-4-18(2)21-7-5-6-8-22(21)26-24(29)17-28-13-11-27(12-14-28)16-19-15-20(25)9-10-23(19)30-3/h5-10,15,18H,4,11-14,16-17H2,1-3H3,(H,26,29)/t18-/m1/s1. The number of hydrogen-bond acceptors (Lipinski definition) is 4. The van der Waals surface area contributed by atoms with Gasteiger partial charge in [-0.1, -0.05) is 32.0 Å². The fourth-order valence-electron chi connectivity index (χ4n) is 3.87. The van der Waals surface area contributed by atoms with Gasteiger partial charge in [-0.3, -0.25) is 14.6 Å². The van der Waals surface area contributed by atoms with Gasteiger partial charge < -0.3 is 10.1 Å². The van der Waals surface area contributed by atoms with Crippen molar-refractivity contribution >= 4 is 11.6 Å². The molecule has 2 aromatic carbocycles. The minimum absolute atomic E-state index is 0.0194. The predicted molar refractivity (Wildman–Crippen MR) is 118 cm³/mol. The number of nitrogens with one attached hydrogen (secondary N) is 1. The third-order valence-corrected chi connectivity index (χ3v) is 5.85. The number of amides is 1. The molecule has 1 aliphatic rings. The van der Waals surface area contributed by atoms with Crippen LogP contribution in [0.15, 0.2) is 42.5 Å². The van der Waals surface area contributed by atoms with Gasteiger partial charge in [0.2, 0.25) is 5.91 Å². The van der Waals surface area contributed by atoms with E-state index in [2.05, 4.69) is 35.0 Å². The number of piperazine rings is 1. The Morgan fingerprint density at radius 2 is 1.83 bits per heavy atom. The Kier molecular flexibility index (Phi) is 7.82. The molecule has 6 heteroatoms. The second kappa shape index (κ2) is 10.5. The molecule has 0 aromatic heterocycles. The molecular formula is C24H32FN3O2. The molecule has 5 nitrogen and oxygen atoms in total. The van der Waals surface area contributed by atoms with Crippen molar-refractivity contribution in [3.8, 4) is 5.75 Å². The molecule has 3 rings (SSSR count). The highest BCUT2D eigenvalue weighted by Crippen LogP contribution is 2.26. The molecule has 1 aliphatic heterocycles. The Hall–Kier alpha value is -2.44. The number of para-hydroxylation sites is 1. The Labute approximate surface area is 178 Å². The second-order valence-electron chi connectivity index (χ2n) is 7.95. The Morgan fingerprint density at radius 3 is 2.53 bits per heavy atom. The average Bonchev–Trinajstić information content (AvgIpc) is 2.75. The monoisotopic (exact) mass is 413 g/mol. The van der Waals surface area contributed by atoms with Crippen LogP contribution in [0.5, 0.6) is 5.75 Å². The van der Waals surface area contributed by atoms with Crippen LogP contribution in [0.2, 0.25) is 0 Å². The number of halogens is 1. The van der Waals surface area contributed by atoms with E-state index in [1.807, 2.05) is 18.2 Å². The van der Waals surface area contributed by atoms with E-state index in [0.29, 0.717) is 24.8 Å². The van der Waals surface area contributed by atoms with Gasteiger partial charge >= 0.3 is 0 Å². The third kappa shape index (κ3) is 5.80. The molecule has 0 radical (unpaired) electrons. The Balaban J connectivity index is 1.51. The summed E-state index contributed by atoms with van der Waals surface area (Å²) < 4.78 is 18.9. The molecule has 0 spiro atoms. The molecule has 30 heavy (non-hydrogen) atoms. The van der Waals surface area contributed by atoms with E-state index in [4.69, 9.17) is 4.74 Å². The fraction of sp³-hybridized carbons (Fsp3) is 0.458. The first-order valence-electron chi connectivity index (χ1n) is 10.7. The van der Waals surface area contributed by atoms with Crippen LogP contribution in [-0.4, -0.2) is 55.5 Å². The van der Waals surface area contributed by atoms with Crippen molar-refractivity contribution in [2.45, 2.75) is 32.7 Å². The van der Waals surface area contributed by atoms with E-state index in [1.165, 1.54) is 17.7 Å². The smallest absolute Gasteiger partial charge is 0.238 e. The molecule has 0 unspecified atom stereocenters. The number of carbonyl (C=O) groups is 1. The van der Waals surface area contributed by atoms with Crippen molar-refractivity contribution in [2.24, 2.45) is 0 Å². The lowest BCUT2D eigenvalue weighted by atomic mass is 9.97. The lowest BCUT2D eigenvalue weighted by Crippen LogP contribution is -2.48. The van der Waals surface area contributed by atoms with Crippen molar-refractivity contribution in [3.05, 3.63) is 59.4 Å². The van der Waals surface area contributed by atoms with Gasteiger partial charge in [-0.25, -0.2) is 4.39 Å². The Bertz CT molecular complexity index is 850. The van der Waals surface area contributed by atoms with E-state index >= 15 is 0 Å². The number of rotatable bonds is 8. The molecule has 1 heterocycles. The highest BCUT2D eigenvalue weighted by Gasteiger charge is 2.21. The summed E-state index contributed by atoms with van der Waals surface area (Å²) in [6, 6.07) is 12.7. The van der Waals surface area contributed by atoms with Crippen LogP contribution in [-0.2, 0) is 11.3 Å². The summed E-state index contributed by atoms with van der Waals surface area (Å²) in [7, 11) is 1.60. The number of nitrogens with zero attached hydrogens (tertiary/aromatic N) is 2. The van der Waals surface area contributed by atoms with E-state index in [-0.39, 0.29) is 11.7 Å². The Morgan fingerprint density at radius 1 is 1.13 bits per heavy atom. The van der Waals surface area contributed by atoms with Gasteiger partial charge in [-0.05, 0) is 42.2 Å². The van der Waals surface area contributed by atoms with Gasteiger partial charge in [-0.2, -0.15) is 0 Å². The van der Waals surface area contributed by atoms with Crippen molar-refractivity contribution < 1.29 is 13.9 Å². The third-order valence-electron chi connectivity index (χ3n) is 5.85. The van der Waals surface area contributed by atoms with Crippen molar-refractivity contribution in [2.75, 3.05) is 45.2 Å². The predicted octanol–water partition coefficient (Wildman–Crippen LogP) is 4.10. The van der Waals surface area contributed by atoms with E-state index in [9.17, 15) is 9.18 Å². The van der Waals surface area contributed by atoms with Crippen molar-refractivity contribution in [1.29, 1.82) is 0 Å². The fourth-order valence-corrected chi connectivity index (χ4v) is 3.87. The van der Waals surface area contributed by atoms with E-state index in [0.717, 1.165) is 43.9 Å². The summed E-state index contributed by atoms with van der Waals surface area (Å²) in [5.41, 5.74) is 2.95. The lowest BCUT2D eigenvalue weighted by Gasteiger charge is -2.34. The summed E-state index contributed by atoms with van der Waals surface area (Å²) in [6.07, 6.45) is 1.03. The van der Waals surface area contributed by atoms with E-state index in [1.54, 1.807) is 13.2 Å². The first-order chi connectivity index (χ1) is 14.5. The van der Waals surface area contributed by atoms with Gasteiger partial charge in [0.15, 0.2) is 0 Å². The molecule has 162 valence electrons. The maximum Gasteiger partial charge on any atom is 0.238 e. The lowest BCUT2D eigenvalue weighted by molar-refractivity contribution is -0.117. The molecule has 1 saturated heterocycles. The van der Waals surface area contributed by atoms with Gasteiger partial charge in [-0.15, -0.1) is 0 Å². The summed E-state index contributed by atoms with van der Waals surface area (Å²) in [5.74, 6) is 0.882. The topological polar surface area (TPSA) is 44.8 Å². The number of anilines is 1. The number of hydrogen-bond donors (Lipinski definition) is 1. The number of carbonyl (C=O) groups excluding carboxylic acids is 1. The molecule has 1 amide bonds. The van der Waals surface area contributed by atoms with Crippen molar-refractivity contribution in [1.82, 2.24) is 9.80 Å². The first kappa shape index (κ1) is 22.2. The minimum atomic E-state index is -0.251. The number of ether oxygens (including phenoxy) is 1. The molecule has 0 saturated carbocycles. The first-order valence-corrected chi connectivity index (χ1v) is 10.7. The minimum Gasteiger partial charge on any atom is -0.496 e. The highest BCUT2D eigenvalue weighted by molar-refractivity contribution is 5.93. The number of methoxy groups -OCH3 is 1. The molecule has 1 atom stereocenters. The van der Waals surface area contributed by atoms with Crippen LogP contribution in [0.3, 0.4) is 0 Å². The van der Waals surface area contributed by atoms with Crippen LogP contribution in [0.25, 0.3) is 0 Å². The molecule has 1 fully saturated rings. The van der Waals surface area contributed by atoms with Gasteiger partial charge in [0.25, 0.3) is 0 Å². The highest BCUT2D eigenvalue weighted by atomic mass is 19.1.